The van der Waals surface area contributed by atoms with Gasteiger partial charge >= 0.3 is 0 Å². The van der Waals surface area contributed by atoms with E-state index < -0.39 is 0 Å². The van der Waals surface area contributed by atoms with E-state index in [2.05, 4.69) is 5.92 Å². The van der Waals surface area contributed by atoms with Crippen LogP contribution in [0.4, 0.5) is 0 Å². The van der Waals surface area contributed by atoms with Crippen molar-refractivity contribution in [1.29, 1.82) is 0 Å². The quantitative estimate of drug-likeness (QED) is 0.443. The summed E-state index contributed by atoms with van der Waals surface area (Å²) < 4.78 is 0. The highest BCUT2D eigenvalue weighted by Gasteiger charge is 2.16. The largest absolute Gasteiger partial charge is 0.300 e. The van der Waals surface area contributed by atoms with E-state index in [9.17, 15) is 4.79 Å². The number of carbonyl (C=O) groups excluding carboxylic acids is 1. The molecule has 0 aromatic carbocycles. The Balaban J connectivity index is 2.43. The van der Waals surface area contributed by atoms with Crippen LogP contribution in [0.5, 0.6) is 0 Å². The molecule has 0 radical (unpaired) electrons. The van der Waals surface area contributed by atoms with Crippen molar-refractivity contribution in [2.24, 2.45) is 5.92 Å². The molecule has 1 fully saturated rings. The molecule has 1 rings (SSSR count). The molecule has 48 valence electrons. The minimum Gasteiger partial charge on any atom is -0.300 e. The third-order valence-corrected chi connectivity index (χ3v) is 1.72. The van der Waals surface area contributed by atoms with Crippen molar-refractivity contribution in [3.63, 3.8) is 0 Å². The van der Waals surface area contributed by atoms with Crippen LogP contribution in [0.2, 0.25) is 0 Å². The fourth-order valence-corrected chi connectivity index (χ4v) is 1.17. The summed E-state index contributed by atoms with van der Waals surface area (Å²) in [5, 5.41) is 0. The summed E-state index contributed by atoms with van der Waals surface area (Å²) >= 11 is 0. The molecule has 0 saturated heterocycles. The first-order valence-corrected chi connectivity index (χ1v) is 3.31. The van der Waals surface area contributed by atoms with Crippen LogP contribution in [0, 0.1) is 18.3 Å². The van der Waals surface area contributed by atoms with Crippen molar-refractivity contribution in [2.75, 3.05) is 0 Å². The van der Waals surface area contributed by atoms with Gasteiger partial charge in [-0.25, -0.2) is 0 Å². The Bertz CT molecular complexity index is 152. The van der Waals surface area contributed by atoms with Crippen LogP contribution in [-0.4, -0.2) is 5.78 Å². The Morgan fingerprint density at radius 2 is 2.44 bits per heavy atom. The maximum atomic E-state index is 10.7. The van der Waals surface area contributed by atoms with Crippen LogP contribution in [0.1, 0.15) is 25.7 Å². The normalized spacial score (nSPS) is 27.4. The van der Waals surface area contributed by atoms with Crippen molar-refractivity contribution in [2.45, 2.75) is 25.7 Å². The van der Waals surface area contributed by atoms with Crippen molar-refractivity contribution in [1.82, 2.24) is 0 Å². The lowest BCUT2D eigenvalue weighted by Gasteiger charge is -2.14. The summed E-state index contributed by atoms with van der Waals surface area (Å²) in [5.41, 5.74) is 0. The molecule has 0 heterocycles. The Hall–Kier alpha value is -0.770. The van der Waals surface area contributed by atoms with Crippen LogP contribution in [-0.2, 0) is 4.79 Å². The van der Waals surface area contributed by atoms with E-state index in [1.165, 1.54) is 0 Å². The van der Waals surface area contributed by atoms with Gasteiger partial charge in [0.2, 0.25) is 0 Å². The monoisotopic (exact) mass is 122 g/mol. The summed E-state index contributed by atoms with van der Waals surface area (Å²) in [6.45, 7) is 0. The Morgan fingerprint density at radius 3 is 2.89 bits per heavy atom. The van der Waals surface area contributed by atoms with E-state index in [1.807, 2.05) is 0 Å². The summed E-state index contributed by atoms with van der Waals surface area (Å²) in [4.78, 5) is 10.7. The third-order valence-electron chi connectivity index (χ3n) is 1.72. The first-order chi connectivity index (χ1) is 4.33. The van der Waals surface area contributed by atoms with Gasteiger partial charge in [-0.05, 0) is 12.8 Å². The van der Waals surface area contributed by atoms with Crippen LogP contribution in [0.3, 0.4) is 0 Å². The molecule has 0 amide bonds. The standard InChI is InChI=1S/C8H10O/c1-2-7-4-3-5-8(9)6-7/h1,7H,3-6H2/t7-/m0/s1. The SMILES string of the molecule is C#C[C@H]1CCCC(=O)C1. The van der Waals surface area contributed by atoms with E-state index in [0.717, 1.165) is 19.3 Å². The van der Waals surface area contributed by atoms with Crippen LogP contribution in [0.15, 0.2) is 0 Å². The molecule has 0 spiro atoms. The summed E-state index contributed by atoms with van der Waals surface area (Å²) in [5.74, 6) is 3.19. The number of terminal acetylenes is 1. The van der Waals surface area contributed by atoms with Gasteiger partial charge < -0.3 is 0 Å². The van der Waals surface area contributed by atoms with Crippen molar-refractivity contribution < 1.29 is 4.79 Å². The topological polar surface area (TPSA) is 17.1 Å². The minimum absolute atomic E-state index is 0.242. The fraction of sp³-hybridized carbons (Fsp3) is 0.625. The smallest absolute Gasteiger partial charge is 0.134 e. The molecule has 1 aliphatic rings. The third kappa shape index (κ3) is 1.57. The lowest BCUT2D eigenvalue weighted by atomic mass is 9.89. The van der Waals surface area contributed by atoms with E-state index in [1.54, 1.807) is 0 Å². The van der Waals surface area contributed by atoms with Gasteiger partial charge in [0.25, 0.3) is 0 Å². The second-order valence-electron chi connectivity index (χ2n) is 2.50. The molecular weight excluding hydrogens is 112 g/mol. The maximum Gasteiger partial charge on any atom is 0.134 e. The lowest BCUT2D eigenvalue weighted by Crippen LogP contribution is -2.12. The summed E-state index contributed by atoms with van der Waals surface area (Å²) in [7, 11) is 0. The number of ketones is 1. The highest BCUT2D eigenvalue weighted by atomic mass is 16.1. The highest BCUT2D eigenvalue weighted by molar-refractivity contribution is 5.79. The van der Waals surface area contributed by atoms with E-state index in [0.29, 0.717) is 12.2 Å². The predicted octanol–water partition coefficient (Wildman–Crippen LogP) is 1.38. The van der Waals surface area contributed by atoms with Gasteiger partial charge in [0, 0.05) is 18.8 Å². The van der Waals surface area contributed by atoms with Crippen LogP contribution >= 0.6 is 0 Å². The Kier molecular flexibility index (Phi) is 1.89. The molecule has 1 saturated carbocycles. The lowest BCUT2D eigenvalue weighted by molar-refractivity contribution is -0.120. The van der Waals surface area contributed by atoms with Gasteiger partial charge in [0.15, 0.2) is 0 Å². The van der Waals surface area contributed by atoms with Crippen LogP contribution < -0.4 is 0 Å². The molecule has 0 N–H and O–H groups in total. The van der Waals surface area contributed by atoms with Gasteiger partial charge in [-0.2, -0.15) is 0 Å². The number of rotatable bonds is 0. The maximum absolute atomic E-state index is 10.7. The van der Waals surface area contributed by atoms with E-state index in [4.69, 9.17) is 6.42 Å². The first kappa shape index (κ1) is 6.35. The minimum atomic E-state index is 0.242. The zero-order valence-electron chi connectivity index (χ0n) is 5.39. The van der Waals surface area contributed by atoms with Gasteiger partial charge in [-0.1, -0.05) is 0 Å². The molecule has 1 atom stereocenters. The summed E-state index contributed by atoms with van der Waals surface area (Å²) in [6.07, 6.45) is 8.57. The highest BCUT2D eigenvalue weighted by Crippen LogP contribution is 2.19. The second-order valence-corrected chi connectivity index (χ2v) is 2.50. The zero-order valence-corrected chi connectivity index (χ0v) is 5.39. The second kappa shape index (κ2) is 2.68. The fourth-order valence-electron chi connectivity index (χ4n) is 1.17. The van der Waals surface area contributed by atoms with Crippen molar-refractivity contribution in [3.8, 4) is 12.3 Å². The molecule has 9 heavy (non-hydrogen) atoms. The van der Waals surface area contributed by atoms with E-state index in [-0.39, 0.29) is 5.92 Å². The van der Waals surface area contributed by atoms with E-state index >= 15 is 0 Å². The summed E-state index contributed by atoms with van der Waals surface area (Å²) in [6, 6.07) is 0. The molecule has 1 aliphatic carbocycles. The van der Waals surface area contributed by atoms with Gasteiger partial charge in [0.1, 0.15) is 5.78 Å². The molecule has 0 aromatic heterocycles. The predicted molar refractivity (Wildman–Crippen MR) is 35.8 cm³/mol. The molecule has 1 heteroatoms. The zero-order chi connectivity index (χ0) is 6.69. The van der Waals surface area contributed by atoms with Crippen LogP contribution in [0.25, 0.3) is 0 Å². The average molecular weight is 122 g/mol. The molecule has 1 nitrogen and oxygen atoms in total. The molecular formula is C8H10O. The Labute approximate surface area is 55.4 Å². The first-order valence-electron chi connectivity index (χ1n) is 3.31. The molecule has 0 aliphatic heterocycles. The van der Waals surface area contributed by atoms with Crippen molar-refractivity contribution in [3.05, 3.63) is 0 Å². The number of hydrogen-bond acceptors (Lipinski definition) is 1. The van der Waals surface area contributed by atoms with Gasteiger partial charge in [0.05, 0.1) is 0 Å². The van der Waals surface area contributed by atoms with Gasteiger partial charge in [-0.3, -0.25) is 4.79 Å². The Morgan fingerprint density at radius 1 is 1.67 bits per heavy atom. The number of carbonyl (C=O) groups is 1. The van der Waals surface area contributed by atoms with Gasteiger partial charge in [-0.15, -0.1) is 12.3 Å². The van der Waals surface area contributed by atoms with Crippen molar-refractivity contribution >= 4 is 5.78 Å². The molecule has 0 unspecified atom stereocenters. The molecule has 0 bridgehead atoms. The number of hydrogen-bond donors (Lipinski definition) is 0. The average Bonchev–Trinajstić information content (AvgIpc) is 1.88. The molecule has 0 aromatic rings. The number of Topliss-reactive ketones (excluding diaryl/α,β-unsaturated/α-hetero) is 1.